The summed E-state index contributed by atoms with van der Waals surface area (Å²) in [6.07, 6.45) is 11.3. The first kappa shape index (κ1) is 23.7. The molecule has 196 valence electrons. The smallest absolute Gasteiger partial charge is 0.245 e. The minimum atomic E-state index is 0.447. The zero-order chi connectivity index (χ0) is 26.3. The third-order valence-electron chi connectivity index (χ3n) is 7.89. The highest BCUT2D eigenvalue weighted by Gasteiger charge is 2.45. The van der Waals surface area contributed by atoms with E-state index in [1.54, 1.807) is 24.0 Å². The molecule has 2 atom stereocenters. The van der Waals surface area contributed by atoms with Crippen molar-refractivity contribution in [3.05, 3.63) is 65.8 Å². The summed E-state index contributed by atoms with van der Waals surface area (Å²) in [5.74, 6) is 1.26. The number of hydrogen-bond donors (Lipinski definition) is 0. The molecule has 4 aliphatic rings. The molecule has 11 heteroatoms. The second-order valence-electron chi connectivity index (χ2n) is 10.1. The number of nitriles is 1. The maximum atomic E-state index is 9.69. The molecular weight excluding hydrogens is 494 g/mol. The molecule has 3 fully saturated rings. The predicted octanol–water partition coefficient (Wildman–Crippen LogP) is 2.73. The molecule has 0 aromatic carbocycles. The van der Waals surface area contributed by atoms with E-state index < -0.39 is 0 Å². The Hall–Kier alpha value is -4.40. The number of pyridine rings is 2. The van der Waals surface area contributed by atoms with Gasteiger partial charge >= 0.3 is 0 Å². The SMILES string of the molecule is COc1ccc(CN2C3CC2CN(c2ncc(-c4cc(C5=CCOCC5)cn5ncc(C#N)c45)nn2)C3)cn1. The van der Waals surface area contributed by atoms with E-state index >= 15 is 0 Å². The van der Waals surface area contributed by atoms with Gasteiger partial charge in [-0.25, -0.2) is 14.5 Å². The second-order valence-corrected chi connectivity index (χ2v) is 10.1. The highest BCUT2D eigenvalue weighted by atomic mass is 16.5. The molecule has 0 spiro atoms. The number of nitrogens with zero attached hydrogens (tertiary/aromatic N) is 9. The highest BCUT2D eigenvalue weighted by molar-refractivity contribution is 5.85. The lowest BCUT2D eigenvalue weighted by Crippen LogP contribution is -2.68. The van der Waals surface area contributed by atoms with E-state index in [9.17, 15) is 5.26 Å². The van der Waals surface area contributed by atoms with Gasteiger partial charge in [-0.05, 0) is 35.6 Å². The topological polar surface area (TPSA) is 118 Å². The van der Waals surface area contributed by atoms with Crippen LogP contribution in [0.3, 0.4) is 0 Å². The van der Waals surface area contributed by atoms with Gasteiger partial charge in [0.25, 0.3) is 0 Å². The van der Waals surface area contributed by atoms with Crippen LogP contribution in [-0.2, 0) is 11.3 Å². The number of hydrogen-bond acceptors (Lipinski definition) is 10. The van der Waals surface area contributed by atoms with Crippen LogP contribution in [0.15, 0.2) is 49.1 Å². The fourth-order valence-corrected chi connectivity index (χ4v) is 5.85. The van der Waals surface area contributed by atoms with Crippen molar-refractivity contribution in [2.24, 2.45) is 0 Å². The monoisotopic (exact) mass is 521 g/mol. The van der Waals surface area contributed by atoms with E-state index in [1.165, 1.54) is 17.6 Å². The lowest BCUT2D eigenvalue weighted by molar-refractivity contribution is -0.00910. The largest absolute Gasteiger partial charge is 0.481 e. The summed E-state index contributed by atoms with van der Waals surface area (Å²) in [4.78, 5) is 13.8. The summed E-state index contributed by atoms with van der Waals surface area (Å²) in [7, 11) is 1.63. The zero-order valence-corrected chi connectivity index (χ0v) is 21.6. The molecule has 0 N–H and O–H groups in total. The molecule has 0 radical (unpaired) electrons. The molecule has 39 heavy (non-hydrogen) atoms. The third kappa shape index (κ3) is 4.27. The van der Waals surface area contributed by atoms with Crippen LogP contribution in [0.5, 0.6) is 5.88 Å². The van der Waals surface area contributed by atoms with Crippen LogP contribution >= 0.6 is 0 Å². The number of piperidine rings is 1. The summed E-state index contributed by atoms with van der Waals surface area (Å²) >= 11 is 0. The summed E-state index contributed by atoms with van der Waals surface area (Å²) < 4.78 is 12.4. The summed E-state index contributed by atoms with van der Waals surface area (Å²) in [6.45, 7) is 3.87. The molecular formula is C28H27N9O2. The molecule has 8 rings (SSSR count). The third-order valence-corrected chi connectivity index (χ3v) is 7.89. The van der Waals surface area contributed by atoms with Crippen molar-refractivity contribution in [1.29, 1.82) is 5.26 Å². The molecule has 8 heterocycles. The molecule has 0 aliphatic carbocycles. The first-order valence-corrected chi connectivity index (χ1v) is 13.1. The Balaban J connectivity index is 1.11. The van der Waals surface area contributed by atoms with Crippen molar-refractivity contribution >= 4 is 17.0 Å². The Morgan fingerprint density at radius 2 is 2.03 bits per heavy atom. The quantitative estimate of drug-likeness (QED) is 0.375. The molecule has 4 aromatic heterocycles. The van der Waals surface area contributed by atoms with Crippen LogP contribution in [0.25, 0.3) is 22.3 Å². The van der Waals surface area contributed by atoms with Crippen LogP contribution in [0.1, 0.15) is 29.5 Å². The molecule has 2 bridgehead atoms. The number of piperazine rings is 1. The molecule has 2 unspecified atom stereocenters. The predicted molar refractivity (Wildman–Crippen MR) is 143 cm³/mol. The lowest BCUT2D eigenvalue weighted by Gasteiger charge is -2.56. The molecule has 11 nitrogen and oxygen atoms in total. The van der Waals surface area contributed by atoms with Crippen LogP contribution in [0.2, 0.25) is 0 Å². The van der Waals surface area contributed by atoms with Crippen molar-refractivity contribution in [3.8, 4) is 23.2 Å². The normalized spacial score (nSPS) is 20.8. The van der Waals surface area contributed by atoms with Gasteiger partial charge in [0.1, 0.15) is 11.8 Å². The van der Waals surface area contributed by atoms with Crippen LogP contribution in [0, 0.1) is 11.3 Å². The summed E-state index contributed by atoms with van der Waals surface area (Å²) in [5, 5.41) is 23.2. The van der Waals surface area contributed by atoms with Gasteiger partial charge in [0.15, 0.2) is 0 Å². The number of fused-ring (bicyclic) bond motifs is 3. The molecule has 0 amide bonds. The van der Waals surface area contributed by atoms with Gasteiger partial charge in [-0.15, -0.1) is 10.2 Å². The average molecular weight is 522 g/mol. The average Bonchev–Trinajstić information content (AvgIpc) is 3.43. The van der Waals surface area contributed by atoms with Gasteiger partial charge in [0.2, 0.25) is 11.8 Å². The Labute approximate surface area is 225 Å². The van der Waals surface area contributed by atoms with Gasteiger partial charge in [-0.1, -0.05) is 12.1 Å². The first-order valence-electron chi connectivity index (χ1n) is 13.1. The van der Waals surface area contributed by atoms with E-state index in [1.807, 2.05) is 18.5 Å². The molecule has 3 saturated heterocycles. The Bertz CT molecular complexity index is 1580. The Morgan fingerprint density at radius 3 is 2.72 bits per heavy atom. The standard InChI is InChI=1S/C28H27N9O2/c1-38-26-3-2-18(11-30-26)14-36-22-9-23(36)17-35(16-22)28-31-13-25(33-34-28)24-8-20(19-4-6-39-7-5-19)15-37-27(24)21(10-29)12-32-37/h2-4,8,11-13,15,22-23H,5-7,9,14,16-17H2,1H3. The number of aromatic nitrogens is 6. The number of methoxy groups -OCH3 is 1. The van der Waals surface area contributed by atoms with Crippen molar-refractivity contribution in [2.45, 2.75) is 31.5 Å². The van der Waals surface area contributed by atoms with Crippen LogP contribution < -0.4 is 9.64 Å². The Morgan fingerprint density at radius 1 is 1.13 bits per heavy atom. The molecule has 0 saturated carbocycles. The Kier molecular flexibility index (Phi) is 5.91. The van der Waals surface area contributed by atoms with Gasteiger partial charge in [-0.3, -0.25) is 4.90 Å². The van der Waals surface area contributed by atoms with Crippen LogP contribution in [-0.4, -0.2) is 80.2 Å². The highest BCUT2D eigenvalue weighted by Crippen LogP contribution is 2.35. The second kappa shape index (κ2) is 9.72. The van der Waals surface area contributed by atoms with Gasteiger partial charge in [0.05, 0.1) is 43.8 Å². The van der Waals surface area contributed by atoms with Gasteiger partial charge in [0, 0.05) is 55.7 Å². The summed E-state index contributed by atoms with van der Waals surface area (Å²) in [5.41, 5.74) is 6.02. The van der Waals surface area contributed by atoms with Crippen molar-refractivity contribution < 1.29 is 9.47 Å². The maximum Gasteiger partial charge on any atom is 0.245 e. The van der Waals surface area contributed by atoms with Crippen molar-refractivity contribution in [3.63, 3.8) is 0 Å². The van der Waals surface area contributed by atoms with E-state index in [-0.39, 0.29) is 0 Å². The van der Waals surface area contributed by atoms with Crippen molar-refractivity contribution in [1.82, 2.24) is 34.7 Å². The number of rotatable bonds is 6. The van der Waals surface area contributed by atoms with E-state index in [4.69, 9.17) is 14.5 Å². The zero-order valence-electron chi connectivity index (χ0n) is 21.6. The van der Waals surface area contributed by atoms with Crippen molar-refractivity contribution in [2.75, 3.05) is 38.3 Å². The fraction of sp³-hybridized carbons (Fsp3) is 0.357. The molecule has 4 aliphatic heterocycles. The van der Waals surface area contributed by atoms with E-state index in [0.29, 0.717) is 53.9 Å². The van der Waals surface area contributed by atoms with Crippen LogP contribution in [0.4, 0.5) is 5.95 Å². The molecule has 4 aromatic rings. The van der Waals surface area contributed by atoms with E-state index in [2.05, 4.69) is 54.4 Å². The van der Waals surface area contributed by atoms with Gasteiger partial charge in [-0.2, -0.15) is 10.4 Å². The van der Waals surface area contributed by atoms with E-state index in [0.717, 1.165) is 37.2 Å². The lowest BCUT2D eigenvalue weighted by atomic mass is 9.87. The first-order chi connectivity index (χ1) is 19.2. The maximum absolute atomic E-state index is 9.69. The minimum absolute atomic E-state index is 0.447. The summed E-state index contributed by atoms with van der Waals surface area (Å²) in [6, 6.07) is 9.19. The number of ether oxygens (including phenoxy) is 2. The van der Waals surface area contributed by atoms with Gasteiger partial charge < -0.3 is 14.4 Å². The fourth-order valence-electron chi connectivity index (χ4n) is 5.85. The number of anilines is 1. The minimum Gasteiger partial charge on any atom is -0.481 e.